The molecular formula is C18H22N3O3S2+. The van der Waals surface area contributed by atoms with Gasteiger partial charge in [0.15, 0.2) is 0 Å². The van der Waals surface area contributed by atoms with Gasteiger partial charge in [-0.15, -0.1) is 11.8 Å². The fraction of sp³-hybridized carbons (Fsp3) is 0.389. The molecule has 0 radical (unpaired) electrons. The number of nitro groups is 1. The van der Waals surface area contributed by atoms with Gasteiger partial charge in [0.05, 0.1) is 36.4 Å². The third-order valence-corrected chi connectivity index (χ3v) is 6.36. The van der Waals surface area contributed by atoms with E-state index in [1.165, 1.54) is 34.4 Å². The summed E-state index contributed by atoms with van der Waals surface area (Å²) in [4.78, 5) is 27.3. The average molecular weight is 393 g/mol. The highest BCUT2D eigenvalue weighted by atomic mass is 32.2. The number of thioether (sulfide) groups is 1. The van der Waals surface area contributed by atoms with Gasteiger partial charge in [0.1, 0.15) is 6.54 Å². The summed E-state index contributed by atoms with van der Waals surface area (Å²) < 4.78 is 0. The van der Waals surface area contributed by atoms with E-state index in [0.29, 0.717) is 0 Å². The quantitative estimate of drug-likeness (QED) is 0.464. The highest BCUT2D eigenvalue weighted by Crippen LogP contribution is 2.26. The third kappa shape index (κ3) is 4.84. The monoisotopic (exact) mass is 392 g/mol. The second-order valence-electron chi connectivity index (χ2n) is 6.39. The SMILES string of the molecule is C[C@H](Sc1ccc([N+](=O)[O-])cc1)C(=O)N1CC[NH+](Cc2ccsc2)CC1. The van der Waals surface area contributed by atoms with Gasteiger partial charge < -0.3 is 9.80 Å². The first-order chi connectivity index (χ1) is 12.5. The summed E-state index contributed by atoms with van der Waals surface area (Å²) in [7, 11) is 0. The molecule has 0 saturated carbocycles. The summed E-state index contributed by atoms with van der Waals surface area (Å²) in [5.41, 5.74) is 1.44. The number of carbonyl (C=O) groups is 1. The number of nitro benzene ring substituents is 1. The molecule has 1 aromatic carbocycles. The number of amides is 1. The number of nitrogens with zero attached hydrogens (tertiary/aromatic N) is 2. The van der Waals surface area contributed by atoms with Crippen molar-refractivity contribution in [2.24, 2.45) is 0 Å². The van der Waals surface area contributed by atoms with Crippen molar-refractivity contribution in [3.05, 3.63) is 56.8 Å². The lowest BCUT2D eigenvalue weighted by atomic mass is 10.2. The normalized spacial score (nSPS) is 16.4. The molecule has 1 N–H and O–H groups in total. The molecule has 3 rings (SSSR count). The Balaban J connectivity index is 1.48. The molecule has 138 valence electrons. The Bertz CT molecular complexity index is 742. The molecule has 0 spiro atoms. The van der Waals surface area contributed by atoms with Crippen LogP contribution in [0.25, 0.3) is 0 Å². The summed E-state index contributed by atoms with van der Waals surface area (Å²) in [6, 6.07) is 8.53. The molecule has 1 fully saturated rings. The topological polar surface area (TPSA) is 67.9 Å². The zero-order chi connectivity index (χ0) is 18.5. The van der Waals surface area contributed by atoms with Crippen LogP contribution in [-0.4, -0.2) is 47.2 Å². The number of nitrogens with one attached hydrogen (secondary N) is 1. The van der Waals surface area contributed by atoms with Crippen molar-refractivity contribution in [2.45, 2.75) is 23.6 Å². The van der Waals surface area contributed by atoms with Crippen LogP contribution >= 0.6 is 23.1 Å². The molecule has 2 aromatic rings. The standard InChI is InChI=1S/C18H21N3O3S2/c1-14(26-17-4-2-16(3-5-17)21(23)24)18(22)20-9-7-19(8-10-20)12-15-6-11-25-13-15/h2-6,11,13-14H,7-10,12H2,1H3/p+1/t14-/m0/s1. The predicted octanol–water partition coefficient (Wildman–Crippen LogP) is 2.06. The van der Waals surface area contributed by atoms with Crippen LogP contribution in [0.3, 0.4) is 0 Å². The molecule has 0 aliphatic carbocycles. The molecule has 1 aliphatic heterocycles. The fourth-order valence-corrected chi connectivity index (χ4v) is 4.68. The van der Waals surface area contributed by atoms with E-state index >= 15 is 0 Å². The van der Waals surface area contributed by atoms with E-state index in [-0.39, 0.29) is 16.8 Å². The van der Waals surface area contributed by atoms with Crippen molar-refractivity contribution < 1.29 is 14.6 Å². The lowest BCUT2D eigenvalue weighted by molar-refractivity contribution is -0.917. The van der Waals surface area contributed by atoms with Gasteiger partial charge in [-0.1, -0.05) is 0 Å². The van der Waals surface area contributed by atoms with E-state index in [4.69, 9.17) is 0 Å². The number of non-ortho nitro benzene ring substituents is 1. The van der Waals surface area contributed by atoms with Gasteiger partial charge in [0, 0.05) is 22.6 Å². The summed E-state index contributed by atoms with van der Waals surface area (Å²) >= 11 is 3.17. The van der Waals surface area contributed by atoms with Crippen molar-refractivity contribution in [1.82, 2.24) is 4.90 Å². The summed E-state index contributed by atoms with van der Waals surface area (Å²) in [6.45, 7) is 6.43. The van der Waals surface area contributed by atoms with E-state index in [1.54, 1.807) is 23.5 Å². The molecule has 1 aromatic heterocycles. The van der Waals surface area contributed by atoms with Crippen molar-refractivity contribution >= 4 is 34.7 Å². The Morgan fingerprint density at radius 2 is 2.00 bits per heavy atom. The largest absolute Gasteiger partial charge is 0.330 e. The number of carbonyl (C=O) groups excluding carboxylic acids is 1. The molecule has 6 nitrogen and oxygen atoms in total. The lowest BCUT2D eigenvalue weighted by Gasteiger charge is -2.33. The van der Waals surface area contributed by atoms with Crippen LogP contribution in [0, 0.1) is 10.1 Å². The van der Waals surface area contributed by atoms with Crippen LogP contribution in [-0.2, 0) is 11.3 Å². The van der Waals surface area contributed by atoms with Crippen LogP contribution in [0.5, 0.6) is 0 Å². The Morgan fingerprint density at radius 3 is 2.58 bits per heavy atom. The summed E-state index contributed by atoms with van der Waals surface area (Å²) in [6.07, 6.45) is 0. The Kier molecular flexibility index (Phi) is 6.29. The number of rotatable bonds is 6. The van der Waals surface area contributed by atoms with Crippen LogP contribution < -0.4 is 4.90 Å². The second kappa shape index (κ2) is 8.66. The van der Waals surface area contributed by atoms with Gasteiger partial charge in [0.25, 0.3) is 5.69 Å². The van der Waals surface area contributed by atoms with Gasteiger partial charge >= 0.3 is 0 Å². The summed E-state index contributed by atoms with van der Waals surface area (Å²) in [5.74, 6) is 0.142. The molecule has 2 heterocycles. The molecule has 1 aliphatic rings. The molecule has 1 atom stereocenters. The third-order valence-electron chi connectivity index (χ3n) is 4.52. The van der Waals surface area contributed by atoms with E-state index in [1.807, 2.05) is 11.8 Å². The Labute approximate surface area is 160 Å². The predicted molar refractivity (Wildman–Crippen MR) is 104 cm³/mol. The van der Waals surface area contributed by atoms with E-state index < -0.39 is 4.92 Å². The fourth-order valence-electron chi connectivity index (χ4n) is 3.06. The molecule has 1 saturated heterocycles. The van der Waals surface area contributed by atoms with Crippen molar-refractivity contribution in [2.75, 3.05) is 26.2 Å². The van der Waals surface area contributed by atoms with Gasteiger partial charge in [-0.05, 0) is 35.9 Å². The minimum atomic E-state index is -0.416. The van der Waals surface area contributed by atoms with E-state index in [2.05, 4.69) is 16.8 Å². The van der Waals surface area contributed by atoms with Crippen LogP contribution in [0.15, 0.2) is 46.0 Å². The first-order valence-corrected chi connectivity index (χ1v) is 10.4. The number of hydrogen-bond donors (Lipinski definition) is 1. The highest BCUT2D eigenvalue weighted by molar-refractivity contribution is 8.00. The van der Waals surface area contributed by atoms with Gasteiger partial charge in [-0.25, -0.2) is 0 Å². The van der Waals surface area contributed by atoms with Gasteiger partial charge in [-0.2, -0.15) is 11.3 Å². The number of thiophene rings is 1. The molecule has 0 unspecified atom stereocenters. The van der Waals surface area contributed by atoms with Crippen LogP contribution in [0.2, 0.25) is 0 Å². The van der Waals surface area contributed by atoms with Crippen molar-refractivity contribution in [1.29, 1.82) is 0 Å². The zero-order valence-electron chi connectivity index (χ0n) is 14.6. The minimum Gasteiger partial charge on any atom is -0.330 e. The minimum absolute atomic E-state index is 0.0676. The highest BCUT2D eigenvalue weighted by Gasteiger charge is 2.27. The first-order valence-electron chi connectivity index (χ1n) is 8.57. The van der Waals surface area contributed by atoms with Crippen molar-refractivity contribution in [3.8, 4) is 0 Å². The zero-order valence-corrected chi connectivity index (χ0v) is 16.2. The number of hydrogen-bond acceptors (Lipinski definition) is 5. The average Bonchev–Trinajstić information content (AvgIpc) is 3.15. The molecule has 0 bridgehead atoms. The van der Waals surface area contributed by atoms with Crippen LogP contribution in [0.4, 0.5) is 5.69 Å². The maximum atomic E-state index is 12.7. The maximum absolute atomic E-state index is 12.7. The van der Waals surface area contributed by atoms with Gasteiger partial charge in [-0.3, -0.25) is 14.9 Å². The van der Waals surface area contributed by atoms with E-state index in [9.17, 15) is 14.9 Å². The van der Waals surface area contributed by atoms with Gasteiger partial charge in [0.2, 0.25) is 5.91 Å². The molecule has 26 heavy (non-hydrogen) atoms. The van der Waals surface area contributed by atoms with E-state index in [0.717, 1.165) is 37.6 Å². The number of piperazine rings is 1. The molecule has 8 heteroatoms. The van der Waals surface area contributed by atoms with Crippen molar-refractivity contribution in [3.63, 3.8) is 0 Å². The lowest BCUT2D eigenvalue weighted by Crippen LogP contribution is -3.13. The second-order valence-corrected chi connectivity index (χ2v) is 8.59. The maximum Gasteiger partial charge on any atom is 0.269 e. The Morgan fingerprint density at radius 1 is 1.31 bits per heavy atom. The van der Waals surface area contributed by atoms with Crippen LogP contribution in [0.1, 0.15) is 12.5 Å². The molecular weight excluding hydrogens is 370 g/mol. The Hall–Kier alpha value is -1.90. The number of benzene rings is 1. The summed E-state index contributed by atoms with van der Waals surface area (Å²) in [5, 5.41) is 14.8. The molecule has 1 amide bonds. The first kappa shape index (κ1) is 18.9. The smallest absolute Gasteiger partial charge is 0.269 e. The number of quaternary nitrogens is 1.